The van der Waals surface area contributed by atoms with E-state index < -0.39 is 0 Å². The molecule has 1 aliphatic heterocycles. The standard InChI is InChI=1S/C7H11NS/c1-6-4-2-3-5-9-7(6)8/h3,5H,2,4,8H2,1H3. The van der Waals surface area contributed by atoms with Crippen molar-refractivity contribution in [3.63, 3.8) is 0 Å². The highest BCUT2D eigenvalue weighted by atomic mass is 32.2. The lowest BCUT2D eigenvalue weighted by Gasteiger charge is -1.98. The molecule has 2 N–H and O–H groups in total. The number of rotatable bonds is 0. The lowest BCUT2D eigenvalue weighted by atomic mass is 10.2. The Morgan fingerprint density at radius 1 is 1.67 bits per heavy atom. The zero-order valence-corrected chi connectivity index (χ0v) is 6.37. The van der Waals surface area contributed by atoms with Gasteiger partial charge in [-0.25, -0.2) is 0 Å². The zero-order valence-electron chi connectivity index (χ0n) is 5.55. The molecule has 0 aromatic rings. The van der Waals surface area contributed by atoms with Crippen molar-refractivity contribution in [3.05, 3.63) is 22.1 Å². The highest BCUT2D eigenvalue weighted by Gasteiger charge is 1.98. The van der Waals surface area contributed by atoms with Crippen LogP contribution in [0.25, 0.3) is 0 Å². The molecular formula is C7H11NS. The van der Waals surface area contributed by atoms with E-state index in [1.54, 1.807) is 11.8 Å². The Hall–Kier alpha value is -0.370. The molecule has 0 radical (unpaired) electrons. The summed E-state index contributed by atoms with van der Waals surface area (Å²) in [5, 5.41) is 3.04. The maximum atomic E-state index is 5.67. The summed E-state index contributed by atoms with van der Waals surface area (Å²) >= 11 is 1.62. The molecule has 1 aliphatic rings. The fourth-order valence-corrected chi connectivity index (χ4v) is 1.40. The first-order valence-electron chi connectivity index (χ1n) is 3.07. The predicted octanol–water partition coefficient (Wildman–Crippen LogP) is 2.22. The minimum absolute atomic E-state index is 0.976. The van der Waals surface area contributed by atoms with Gasteiger partial charge in [0.2, 0.25) is 0 Å². The smallest absolute Gasteiger partial charge is 0.0686 e. The second kappa shape index (κ2) is 2.97. The van der Waals surface area contributed by atoms with Crippen LogP contribution in [0.15, 0.2) is 22.1 Å². The van der Waals surface area contributed by atoms with Crippen molar-refractivity contribution in [2.75, 3.05) is 0 Å². The van der Waals surface area contributed by atoms with Crippen molar-refractivity contribution < 1.29 is 0 Å². The lowest BCUT2D eigenvalue weighted by Crippen LogP contribution is -1.93. The van der Waals surface area contributed by atoms with Crippen molar-refractivity contribution in [1.29, 1.82) is 0 Å². The largest absolute Gasteiger partial charge is 0.393 e. The Morgan fingerprint density at radius 2 is 2.44 bits per heavy atom. The summed E-state index contributed by atoms with van der Waals surface area (Å²) in [5.41, 5.74) is 6.99. The van der Waals surface area contributed by atoms with E-state index in [2.05, 4.69) is 18.4 Å². The molecule has 1 nitrogen and oxygen atoms in total. The molecule has 1 heterocycles. The van der Waals surface area contributed by atoms with E-state index in [0.29, 0.717) is 0 Å². The second-order valence-electron chi connectivity index (χ2n) is 2.17. The third kappa shape index (κ3) is 1.79. The Balaban J connectivity index is 2.67. The van der Waals surface area contributed by atoms with Crippen LogP contribution in [0, 0.1) is 0 Å². The zero-order chi connectivity index (χ0) is 6.69. The SMILES string of the molecule is CC1=C(N)SC=CCC1. The topological polar surface area (TPSA) is 26.0 Å². The van der Waals surface area contributed by atoms with Crippen molar-refractivity contribution in [1.82, 2.24) is 0 Å². The Kier molecular flexibility index (Phi) is 2.22. The van der Waals surface area contributed by atoms with Gasteiger partial charge in [0.15, 0.2) is 0 Å². The van der Waals surface area contributed by atoms with Crippen LogP contribution in [0.2, 0.25) is 0 Å². The van der Waals surface area contributed by atoms with Crippen LogP contribution in [0.1, 0.15) is 19.8 Å². The summed E-state index contributed by atoms with van der Waals surface area (Å²) in [4.78, 5) is 0. The average Bonchev–Trinajstić information content (AvgIpc) is 1.99. The number of thioether (sulfide) groups is 1. The van der Waals surface area contributed by atoms with E-state index in [1.807, 2.05) is 0 Å². The molecule has 0 atom stereocenters. The molecule has 0 spiro atoms. The molecule has 0 bridgehead atoms. The van der Waals surface area contributed by atoms with E-state index in [1.165, 1.54) is 5.57 Å². The van der Waals surface area contributed by atoms with Gasteiger partial charge in [-0.05, 0) is 30.7 Å². The highest BCUT2D eigenvalue weighted by Crippen LogP contribution is 2.22. The van der Waals surface area contributed by atoms with Gasteiger partial charge in [-0.1, -0.05) is 17.8 Å². The molecule has 0 saturated heterocycles. The van der Waals surface area contributed by atoms with E-state index in [4.69, 9.17) is 5.73 Å². The highest BCUT2D eigenvalue weighted by molar-refractivity contribution is 8.05. The van der Waals surface area contributed by atoms with Gasteiger partial charge in [-0.3, -0.25) is 0 Å². The molecule has 50 valence electrons. The predicted molar refractivity (Wildman–Crippen MR) is 42.9 cm³/mol. The third-order valence-electron chi connectivity index (χ3n) is 1.40. The Bertz CT molecular complexity index is 158. The molecule has 0 amide bonds. The monoisotopic (exact) mass is 141 g/mol. The van der Waals surface area contributed by atoms with E-state index in [-0.39, 0.29) is 0 Å². The minimum Gasteiger partial charge on any atom is -0.393 e. The lowest BCUT2D eigenvalue weighted by molar-refractivity contribution is 0.972. The third-order valence-corrected chi connectivity index (χ3v) is 2.33. The van der Waals surface area contributed by atoms with E-state index in [9.17, 15) is 0 Å². The van der Waals surface area contributed by atoms with Crippen LogP contribution in [-0.2, 0) is 0 Å². The summed E-state index contributed by atoms with van der Waals surface area (Å²) in [6.07, 6.45) is 4.42. The van der Waals surface area contributed by atoms with Crippen LogP contribution >= 0.6 is 11.8 Å². The van der Waals surface area contributed by atoms with Crippen LogP contribution in [0.3, 0.4) is 0 Å². The van der Waals surface area contributed by atoms with Crippen molar-refractivity contribution in [2.45, 2.75) is 19.8 Å². The summed E-state index contributed by atoms with van der Waals surface area (Å²) in [5.74, 6) is 0. The second-order valence-corrected chi connectivity index (χ2v) is 3.12. The maximum absolute atomic E-state index is 5.67. The van der Waals surface area contributed by atoms with Crippen molar-refractivity contribution >= 4 is 11.8 Å². The quantitative estimate of drug-likeness (QED) is 0.559. The van der Waals surface area contributed by atoms with E-state index in [0.717, 1.165) is 17.9 Å². The number of allylic oxidation sites excluding steroid dienone is 2. The summed E-state index contributed by atoms with van der Waals surface area (Å²) in [6.45, 7) is 2.09. The summed E-state index contributed by atoms with van der Waals surface area (Å²) < 4.78 is 0. The van der Waals surface area contributed by atoms with Crippen LogP contribution in [0.4, 0.5) is 0 Å². The van der Waals surface area contributed by atoms with Crippen LogP contribution < -0.4 is 5.73 Å². The van der Waals surface area contributed by atoms with Gasteiger partial charge in [-0.15, -0.1) is 0 Å². The fraction of sp³-hybridized carbons (Fsp3) is 0.429. The van der Waals surface area contributed by atoms with Gasteiger partial charge >= 0.3 is 0 Å². The van der Waals surface area contributed by atoms with Crippen molar-refractivity contribution in [3.8, 4) is 0 Å². The van der Waals surface area contributed by atoms with Crippen LogP contribution in [-0.4, -0.2) is 0 Å². The molecule has 0 aromatic carbocycles. The fourth-order valence-electron chi connectivity index (χ4n) is 0.713. The maximum Gasteiger partial charge on any atom is 0.0686 e. The molecule has 1 rings (SSSR count). The molecule has 0 saturated carbocycles. The van der Waals surface area contributed by atoms with Gasteiger partial charge < -0.3 is 5.73 Å². The van der Waals surface area contributed by atoms with E-state index >= 15 is 0 Å². The Labute approximate surface area is 60.0 Å². The number of hydrogen-bond donors (Lipinski definition) is 1. The number of hydrogen-bond acceptors (Lipinski definition) is 2. The Morgan fingerprint density at radius 3 is 3.22 bits per heavy atom. The van der Waals surface area contributed by atoms with Gasteiger partial charge in [0.1, 0.15) is 0 Å². The first-order chi connectivity index (χ1) is 4.30. The molecule has 0 aliphatic carbocycles. The van der Waals surface area contributed by atoms with Crippen LogP contribution in [0.5, 0.6) is 0 Å². The number of nitrogens with two attached hydrogens (primary N) is 1. The van der Waals surface area contributed by atoms with Gasteiger partial charge in [0.25, 0.3) is 0 Å². The molecule has 2 heteroatoms. The van der Waals surface area contributed by atoms with Crippen molar-refractivity contribution in [2.24, 2.45) is 5.73 Å². The molecule has 0 fully saturated rings. The normalized spacial score (nSPS) is 20.1. The molecule has 0 aromatic heterocycles. The average molecular weight is 141 g/mol. The first kappa shape index (κ1) is 6.75. The first-order valence-corrected chi connectivity index (χ1v) is 3.95. The minimum atomic E-state index is 0.976. The van der Waals surface area contributed by atoms with Gasteiger partial charge in [0, 0.05) is 0 Å². The molecular weight excluding hydrogens is 130 g/mol. The van der Waals surface area contributed by atoms with Gasteiger partial charge in [0.05, 0.1) is 5.03 Å². The summed E-state index contributed by atoms with van der Waals surface area (Å²) in [6, 6.07) is 0. The molecule has 0 unspecified atom stereocenters. The summed E-state index contributed by atoms with van der Waals surface area (Å²) in [7, 11) is 0. The van der Waals surface area contributed by atoms with Gasteiger partial charge in [-0.2, -0.15) is 0 Å². The molecule has 9 heavy (non-hydrogen) atoms.